The van der Waals surface area contributed by atoms with Crippen LogP contribution in [0, 0.1) is 5.82 Å². The molecule has 0 N–H and O–H groups in total. The van der Waals surface area contributed by atoms with Gasteiger partial charge in [0.1, 0.15) is 17.8 Å². The van der Waals surface area contributed by atoms with Gasteiger partial charge in [-0.1, -0.05) is 12.1 Å². The fourth-order valence-electron chi connectivity index (χ4n) is 2.47. The van der Waals surface area contributed by atoms with Gasteiger partial charge in [-0.2, -0.15) is 0 Å². The number of hydrogen-bond acceptors (Lipinski definition) is 5. The van der Waals surface area contributed by atoms with Gasteiger partial charge in [-0.3, -0.25) is 9.78 Å². The fourth-order valence-corrected chi connectivity index (χ4v) is 3.05. The maximum atomic E-state index is 13.9. The van der Waals surface area contributed by atoms with Crippen LogP contribution in [-0.2, 0) is 0 Å². The maximum Gasteiger partial charge on any atom is 0.241 e. The fraction of sp³-hybridized carbons (Fsp3) is 0. The van der Waals surface area contributed by atoms with Crippen molar-refractivity contribution in [2.75, 3.05) is 0 Å². The molecule has 0 radical (unpaired) electrons. The molecule has 5 nitrogen and oxygen atoms in total. The Balaban J connectivity index is 1.69. The Bertz CT molecular complexity index is 1040. The van der Waals surface area contributed by atoms with Gasteiger partial charge in [-0.15, -0.1) is 11.3 Å². The van der Waals surface area contributed by atoms with Crippen LogP contribution in [0.25, 0.3) is 16.8 Å². The van der Waals surface area contributed by atoms with Crippen molar-refractivity contribution in [2.45, 2.75) is 0 Å². The van der Waals surface area contributed by atoms with Crippen LogP contribution in [0.4, 0.5) is 4.39 Å². The number of carbonyl (C=O) groups excluding carboxylic acids is 1. The van der Waals surface area contributed by atoms with E-state index < -0.39 is 0 Å². The summed E-state index contributed by atoms with van der Waals surface area (Å²) in [5.41, 5.74) is 2.28. The highest BCUT2D eigenvalue weighted by Gasteiger charge is 2.15. The average molecular weight is 350 g/mol. The summed E-state index contributed by atoms with van der Waals surface area (Å²) >= 11 is 1.27. The molecular formula is C18H11FN4OS. The van der Waals surface area contributed by atoms with Gasteiger partial charge in [-0.05, 0) is 23.8 Å². The smallest absolute Gasteiger partial charge is 0.241 e. The van der Waals surface area contributed by atoms with Gasteiger partial charge < -0.3 is 4.57 Å². The molecule has 4 aromatic rings. The van der Waals surface area contributed by atoms with Crippen LogP contribution in [0.1, 0.15) is 15.5 Å². The number of pyridine rings is 1. The zero-order chi connectivity index (χ0) is 17.2. The highest BCUT2D eigenvalue weighted by Crippen LogP contribution is 2.24. The third-order valence-electron chi connectivity index (χ3n) is 3.67. The first-order valence-electron chi connectivity index (χ1n) is 7.41. The molecule has 4 rings (SSSR count). The van der Waals surface area contributed by atoms with Crippen molar-refractivity contribution in [2.24, 2.45) is 0 Å². The zero-order valence-corrected chi connectivity index (χ0v) is 13.7. The van der Waals surface area contributed by atoms with E-state index in [1.807, 2.05) is 24.3 Å². The maximum absolute atomic E-state index is 13.9. The number of imidazole rings is 1. The molecule has 7 heteroatoms. The molecule has 3 heterocycles. The highest BCUT2D eigenvalue weighted by atomic mass is 32.1. The quantitative estimate of drug-likeness (QED) is 0.526. The van der Waals surface area contributed by atoms with E-state index >= 15 is 0 Å². The Morgan fingerprint density at radius 2 is 2.08 bits per heavy atom. The van der Waals surface area contributed by atoms with Crippen molar-refractivity contribution in [3.8, 4) is 16.8 Å². The SMILES string of the molecule is O=C(c1cn(-c2cccc(-c3ccncc3F)c2)cn1)c1nccs1. The molecule has 0 aliphatic rings. The standard InChI is InChI=1S/C18H11FN4OS/c19-15-9-20-5-4-14(15)12-2-1-3-13(8-12)23-10-16(22-11-23)17(24)18-21-6-7-25-18/h1-11H. The Hall–Kier alpha value is -3.19. The van der Waals surface area contributed by atoms with Crippen LogP contribution in [0.2, 0.25) is 0 Å². The van der Waals surface area contributed by atoms with Crippen LogP contribution >= 0.6 is 11.3 Å². The number of nitrogens with zero attached hydrogens (tertiary/aromatic N) is 4. The number of thiazole rings is 1. The number of carbonyl (C=O) groups is 1. The minimum atomic E-state index is -0.384. The van der Waals surface area contributed by atoms with Crippen molar-refractivity contribution in [3.05, 3.63) is 83.3 Å². The summed E-state index contributed by atoms with van der Waals surface area (Å²) in [5.74, 6) is -0.602. The third kappa shape index (κ3) is 2.97. The molecule has 0 fully saturated rings. The topological polar surface area (TPSA) is 60.7 Å². The Morgan fingerprint density at radius 3 is 2.88 bits per heavy atom. The number of hydrogen-bond donors (Lipinski definition) is 0. The van der Waals surface area contributed by atoms with Crippen molar-refractivity contribution >= 4 is 17.1 Å². The Morgan fingerprint density at radius 1 is 1.16 bits per heavy atom. The van der Waals surface area contributed by atoms with Crippen LogP contribution < -0.4 is 0 Å². The minimum absolute atomic E-state index is 0.218. The molecule has 0 amide bonds. The number of aromatic nitrogens is 4. The number of rotatable bonds is 4. The summed E-state index contributed by atoms with van der Waals surface area (Å²) in [6.45, 7) is 0. The van der Waals surface area contributed by atoms with E-state index in [2.05, 4.69) is 15.0 Å². The molecule has 0 aliphatic carbocycles. The van der Waals surface area contributed by atoms with Crippen LogP contribution in [0.3, 0.4) is 0 Å². The lowest BCUT2D eigenvalue weighted by atomic mass is 10.1. The highest BCUT2D eigenvalue weighted by molar-refractivity contribution is 7.11. The van der Waals surface area contributed by atoms with Gasteiger partial charge in [0.25, 0.3) is 0 Å². The third-order valence-corrected chi connectivity index (χ3v) is 4.44. The van der Waals surface area contributed by atoms with E-state index in [1.54, 1.807) is 40.9 Å². The average Bonchev–Trinajstić information content (AvgIpc) is 3.34. The van der Waals surface area contributed by atoms with Gasteiger partial charge in [0, 0.05) is 35.2 Å². The summed E-state index contributed by atoms with van der Waals surface area (Å²) in [6, 6.07) is 8.97. The van der Waals surface area contributed by atoms with Crippen molar-refractivity contribution < 1.29 is 9.18 Å². The number of ketones is 1. The van der Waals surface area contributed by atoms with Crippen LogP contribution in [0.5, 0.6) is 0 Å². The molecule has 1 aromatic carbocycles. The largest absolute Gasteiger partial charge is 0.306 e. The van der Waals surface area contributed by atoms with E-state index in [1.165, 1.54) is 17.5 Å². The lowest BCUT2D eigenvalue weighted by Crippen LogP contribution is -2.00. The normalized spacial score (nSPS) is 10.8. The zero-order valence-electron chi connectivity index (χ0n) is 12.8. The molecule has 0 aliphatic heterocycles. The van der Waals surface area contributed by atoms with Gasteiger partial charge in [0.2, 0.25) is 5.78 Å². The molecule has 122 valence electrons. The Kier molecular flexibility index (Phi) is 3.91. The lowest BCUT2D eigenvalue weighted by Gasteiger charge is -2.06. The molecule has 0 spiro atoms. The summed E-state index contributed by atoms with van der Waals surface area (Å²) in [5, 5.41) is 2.15. The molecule has 0 saturated carbocycles. The molecule has 3 aromatic heterocycles. The monoisotopic (exact) mass is 350 g/mol. The molecular weight excluding hydrogens is 339 g/mol. The van der Waals surface area contributed by atoms with Gasteiger partial charge in [0.15, 0.2) is 5.01 Å². The lowest BCUT2D eigenvalue weighted by molar-refractivity contribution is 0.103. The van der Waals surface area contributed by atoms with E-state index in [-0.39, 0.29) is 11.6 Å². The first-order chi connectivity index (χ1) is 12.2. The summed E-state index contributed by atoms with van der Waals surface area (Å²) in [4.78, 5) is 24.2. The number of benzene rings is 1. The first-order valence-corrected chi connectivity index (χ1v) is 8.29. The van der Waals surface area contributed by atoms with Gasteiger partial charge >= 0.3 is 0 Å². The van der Waals surface area contributed by atoms with E-state index in [0.717, 1.165) is 11.3 Å². The predicted octanol–water partition coefficient (Wildman–Crippen LogP) is 3.76. The van der Waals surface area contributed by atoms with Gasteiger partial charge in [-0.25, -0.2) is 14.4 Å². The van der Waals surface area contributed by atoms with Crippen molar-refractivity contribution in [1.82, 2.24) is 19.5 Å². The van der Waals surface area contributed by atoms with Crippen molar-refractivity contribution in [1.29, 1.82) is 0 Å². The van der Waals surface area contributed by atoms with E-state index in [4.69, 9.17) is 0 Å². The second-order valence-electron chi connectivity index (χ2n) is 5.24. The van der Waals surface area contributed by atoms with E-state index in [0.29, 0.717) is 16.3 Å². The molecule has 25 heavy (non-hydrogen) atoms. The van der Waals surface area contributed by atoms with E-state index in [9.17, 15) is 9.18 Å². The number of halogens is 1. The van der Waals surface area contributed by atoms with Gasteiger partial charge in [0.05, 0.1) is 6.20 Å². The second-order valence-corrected chi connectivity index (χ2v) is 6.13. The predicted molar refractivity (Wildman–Crippen MR) is 92.3 cm³/mol. The minimum Gasteiger partial charge on any atom is -0.306 e. The van der Waals surface area contributed by atoms with Crippen molar-refractivity contribution in [3.63, 3.8) is 0 Å². The summed E-state index contributed by atoms with van der Waals surface area (Å²) in [7, 11) is 0. The summed E-state index contributed by atoms with van der Waals surface area (Å²) in [6.07, 6.45) is 7.52. The Labute approximate surface area is 146 Å². The molecule has 0 bridgehead atoms. The molecule has 0 saturated heterocycles. The van der Waals surface area contributed by atoms with Crippen LogP contribution in [0.15, 0.2) is 66.8 Å². The van der Waals surface area contributed by atoms with Crippen LogP contribution in [-0.4, -0.2) is 25.3 Å². The second kappa shape index (κ2) is 6.37. The first kappa shape index (κ1) is 15.3. The summed E-state index contributed by atoms with van der Waals surface area (Å²) < 4.78 is 15.7. The molecule has 0 atom stereocenters. The molecule has 0 unspecified atom stereocenters.